The Kier molecular flexibility index (Phi) is 3.83. The normalized spacial score (nSPS) is 13.4. The first-order chi connectivity index (χ1) is 7.80. The van der Waals surface area contributed by atoms with Gasteiger partial charge in [-0.05, 0) is 18.1 Å². The molecule has 0 radical (unpaired) electrons. The Morgan fingerprint density at radius 3 is 2.29 bits per heavy atom. The van der Waals surface area contributed by atoms with Crippen LogP contribution in [-0.2, 0) is 9.84 Å². The summed E-state index contributed by atoms with van der Waals surface area (Å²) in [5, 5.41) is 7.47. The first-order valence-electron chi connectivity index (χ1n) is 4.89. The minimum Gasteiger partial charge on any atom is -0.222 e. The Labute approximate surface area is 98.6 Å². The fourth-order valence-electron chi connectivity index (χ4n) is 1.42. The molecule has 92 valence electrons. The van der Waals surface area contributed by atoms with E-state index in [4.69, 9.17) is 5.26 Å². The summed E-state index contributed by atoms with van der Waals surface area (Å²) in [6.45, 7) is 3.10. The van der Waals surface area contributed by atoms with E-state index in [1.165, 1.54) is 0 Å². The van der Waals surface area contributed by atoms with Gasteiger partial charge >= 0.3 is 0 Å². The van der Waals surface area contributed by atoms with Crippen LogP contribution in [0.25, 0.3) is 0 Å². The van der Waals surface area contributed by atoms with Gasteiger partial charge in [0.25, 0.3) is 0 Å². The molecule has 1 aromatic carbocycles. The van der Waals surface area contributed by atoms with Gasteiger partial charge in [0.05, 0.1) is 6.07 Å². The van der Waals surface area contributed by atoms with Crippen molar-refractivity contribution in [1.82, 2.24) is 0 Å². The van der Waals surface area contributed by atoms with E-state index in [2.05, 4.69) is 0 Å². The van der Waals surface area contributed by atoms with Crippen LogP contribution < -0.4 is 0 Å². The van der Waals surface area contributed by atoms with E-state index in [1.807, 2.05) is 0 Å². The molecule has 3 nitrogen and oxygen atoms in total. The zero-order valence-electron chi connectivity index (χ0n) is 9.31. The molecule has 0 aliphatic carbocycles. The van der Waals surface area contributed by atoms with E-state index >= 15 is 0 Å². The summed E-state index contributed by atoms with van der Waals surface area (Å²) in [5.41, 5.74) is 0. The molecular formula is C11H11F2NO2S. The molecule has 0 spiro atoms. The maximum Gasteiger partial charge on any atom is 0.197 e. The molecule has 0 bridgehead atoms. The highest BCUT2D eigenvalue weighted by Gasteiger charge is 2.32. The standard InChI is InChI=1S/C11H11F2NO2S/c1-7(2)11(6-14)17(15,16)10-4-3-8(12)5-9(10)13/h3-5,7,11H,1-2H3. The third-order valence-electron chi connectivity index (χ3n) is 2.27. The summed E-state index contributed by atoms with van der Waals surface area (Å²) in [7, 11) is -4.10. The van der Waals surface area contributed by atoms with E-state index in [1.54, 1.807) is 19.9 Å². The molecular weight excluding hydrogens is 248 g/mol. The van der Waals surface area contributed by atoms with Crippen molar-refractivity contribution in [3.8, 4) is 6.07 Å². The van der Waals surface area contributed by atoms with Crippen molar-refractivity contribution in [2.75, 3.05) is 0 Å². The number of halogens is 2. The van der Waals surface area contributed by atoms with Crippen LogP contribution in [0.1, 0.15) is 13.8 Å². The molecule has 0 fully saturated rings. The average molecular weight is 259 g/mol. The van der Waals surface area contributed by atoms with Crippen molar-refractivity contribution >= 4 is 9.84 Å². The van der Waals surface area contributed by atoms with Crippen molar-refractivity contribution in [3.05, 3.63) is 29.8 Å². The first-order valence-corrected chi connectivity index (χ1v) is 6.44. The second-order valence-corrected chi connectivity index (χ2v) is 5.95. The van der Waals surface area contributed by atoms with Gasteiger partial charge in [-0.25, -0.2) is 17.2 Å². The van der Waals surface area contributed by atoms with Crippen LogP contribution in [0.2, 0.25) is 0 Å². The minimum absolute atomic E-state index is 0.477. The SMILES string of the molecule is CC(C)C(C#N)S(=O)(=O)c1ccc(F)cc1F. The van der Waals surface area contributed by atoms with Crippen LogP contribution in [0.4, 0.5) is 8.78 Å². The summed E-state index contributed by atoms with van der Waals surface area (Å²) in [5.74, 6) is -2.51. The minimum atomic E-state index is -4.10. The van der Waals surface area contributed by atoms with Crippen molar-refractivity contribution in [2.24, 2.45) is 5.92 Å². The van der Waals surface area contributed by atoms with Gasteiger partial charge in [0.2, 0.25) is 0 Å². The number of sulfone groups is 1. The fourth-order valence-corrected chi connectivity index (χ4v) is 3.14. The van der Waals surface area contributed by atoms with Gasteiger partial charge in [-0.1, -0.05) is 13.8 Å². The number of nitriles is 1. The highest BCUT2D eigenvalue weighted by molar-refractivity contribution is 7.92. The lowest BCUT2D eigenvalue weighted by molar-refractivity contribution is 0.536. The molecule has 17 heavy (non-hydrogen) atoms. The maximum atomic E-state index is 13.4. The Balaban J connectivity index is 3.37. The highest BCUT2D eigenvalue weighted by atomic mass is 32.2. The molecule has 0 aromatic heterocycles. The molecule has 0 saturated carbocycles. The van der Waals surface area contributed by atoms with Crippen molar-refractivity contribution in [1.29, 1.82) is 5.26 Å². The smallest absolute Gasteiger partial charge is 0.197 e. The molecule has 0 amide bonds. The summed E-state index contributed by atoms with van der Waals surface area (Å²) in [6.07, 6.45) is 0. The van der Waals surface area contributed by atoms with Crippen molar-refractivity contribution < 1.29 is 17.2 Å². The zero-order valence-corrected chi connectivity index (χ0v) is 10.1. The molecule has 0 saturated heterocycles. The third-order valence-corrected chi connectivity index (χ3v) is 4.53. The summed E-state index contributed by atoms with van der Waals surface area (Å²) < 4.78 is 50.0. The van der Waals surface area contributed by atoms with Gasteiger partial charge in [0.15, 0.2) is 15.1 Å². The zero-order chi connectivity index (χ0) is 13.2. The predicted molar refractivity (Wildman–Crippen MR) is 57.8 cm³/mol. The Hall–Kier alpha value is -1.48. The average Bonchev–Trinajstić information content (AvgIpc) is 2.16. The van der Waals surface area contributed by atoms with Gasteiger partial charge in [-0.3, -0.25) is 0 Å². The first kappa shape index (κ1) is 13.6. The van der Waals surface area contributed by atoms with E-state index in [0.717, 1.165) is 12.1 Å². The summed E-state index contributed by atoms with van der Waals surface area (Å²) >= 11 is 0. The molecule has 1 rings (SSSR count). The quantitative estimate of drug-likeness (QED) is 0.782. The molecule has 0 aliphatic rings. The molecule has 0 N–H and O–H groups in total. The highest BCUT2D eigenvalue weighted by Crippen LogP contribution is 2.24. The summed E-state index contributed by atoms with van der Waals surface area (Å²) in [6, 6.07) is 3.81. The van der Waals surface area contributed by atoms with Crippen LogP contribution in [0.5, 0.6) is 0 Å². The van der Waals surface area contributed by atoms with Crippen molar-refractivity contribution in [2.45, 2.75) is 24.0 Å². The van der Waals surface area contributed by atoms with E-state index in [9.17, 15) is 17.2 Å². The lowest BCUT2D eigenvalue weighted by Gasteiger charge is -2.14. The number of hydrogen-bond donors (Lipinski definition) is 0. The number of hydrogen-bond acceptors (Lipinski definition) is 3. The largest absolute Gasteiger partial charge is 0.222 e. The van der Waals surface area contributed by atoms with E-state index < -0.39 is 37.5 Å². The van der Waals surface area contributed by atoms with Gasteiger partial charge in [-0.15, -0.1) is 0 Å². The lowest BCUT2D eigenvalue weighted by atomic mass is 10.1. The van der Waals surface area contributed by atoms with Crippen LogP contribution in [0, 0.1) is 28.9 Å². The van der Waals surface area contributed by atoms with Crippen LogP contribution in [0.3, 0.4) is 0 Å². The van der Waals surface area contributed by atoms with Gasteiger partial charge < -0.3 is 0 Å². The predicted octanol–water partition coefficient (Wildman–Crippen LogP) is 2.29. The molecule has 1 aromatic rings. The van der Waals surface area contributed by atoms with Crippen LogP contribution >= 0.6 is 0 Å². The number of rotatable bonds is 3. The van der Waals surface area contributed by atoms with E-state index in [-0.39, 0.29) is 0 Å². The molecule has 0 aliphatic heterocycles. The van der Waals surface area contributed by atoms with Crippen LogP contribution in [-0.4, -0.2) is 13.7 Å². The molecule has 1 unspecified atom stereocenters. The summed E-state index contributed by atoms with van der Waals surface area (Å²) in [4.78, 5) is -0.640. The monoisotopic (exact) mass is 259 g/mol. The molecule has 1 atom stereocenters. The van der Waals surface area contributed by atoms with E-state index in [0.29, 0.717) is 6.07 Å². The number of benzene rings is 1. The molecule has 6 heteroatoms. The lowest BCUT2D eigenvalue weighted by Crippen LogP contribution is -2.26. The van der Waals surface area contributed by atoms with Crippen molar-refractivity contribution in [3.63, 3.8) is 0 Å². The fraction of sp³-hybridized carbons (Fsp3) is 0.364. The Morgan fingerprint density at radius 1 is 1.29 bits per heavy atom. The van der Waals surface area contributed by atoms with Gasteiger partial charge in [0.1, 0.15) is 16.5 Å². The molecule has 0 heterocycles. The maximum absolute atomic E-state index is 13.4. The third kappa shape index (κ3) is 2.61. The Bertz CT molecular complexity index is 561. The van der Waals surface area contributed by atoms with Gasteiger partial charge in [-0.2, -0.15) is 5.26 Å². The van der Waals surface area contributed by atoms with Crippen LogP contribution in [0.15, 0.2) is 23.1 Å². The second kappa shape index (κ2) is 4.80. The number of nitrogens with zero attached hydrogens (tertiary/aromatic N) is 1. The topological polar surface area (TPSA) is 57.9 Å². The second-order valence-electron chi connectivity index (χ2n) is 3.91. The van der Waals surface area contributed by atoms with Gasteiger partial charge in [0, 0.05) is 6.07 Å². The Morgan fingerprint density at radius 2 is 1.88 bits per heavy atom.